The molecule has 2 atom stereocenters. The zero-order valence-electron chi connectivity index (χ0n) is 14.5. The second-order valence-electron chi connectivity index (χ2n) is 6.52. The average Bonchev–Trinajstić information content (AvgIpc) is 3.05. The van der Waals surface area contributed by atoms with E-state index in [2.05, 4.69) is 15.1 Å². The van der Waals surface area contributed by atoms with Gasteiger partial charge in [0.25, 0.3) is 0 Å². The number of halogens is 1. The third-order valence-electron chi connectivity index (χ3n) is 4.49. The summed E-state index contributed by atoms with van der Waals surface area (Å²) in [5, 5.41) is 14.3. The van der Waals surface area contributed by atoms with Crippen LogP contribution >= 0.6 is 0 Å². The fraction of sp³-hybridized carbons (Fsp3) is 0.389. The molecular weight excluding hydrogens is 339 g/mol. The number of hydrogen-bond acceptors (Lipinski definition) is 7. The van der Waals surface area contributed by atoms with E-state index in [9.17, 15) is 5.11 Å². The van der Waals surface area contributed by atoms with Gasteiger partial charge in [-0.05, 0) is 26.0 Å². The Hall–Kier alpha value is -2.58. The minimum absolute atomic E-state index is 0.0355. The molecule has 3 heterocycles. The second-order valence-corrected chi connectivity index (χ2v) is 6.52. The van der Waals surface area contributed by atoms with E-state index in [0.717, 1.165) is 0 Å². The minimum atomic E-state index is -0.527. The number of aromatic nitrogens is 3. The summed E-state index contributed by atoms with van der Waals surface area (Å²) in [7, 11) is 0. The highest BCUT2D eigenvalue weighted by Gasteiger charge is 2.29. The van der Waals surface area contributed by atoms with Gasteiger partial charge in [-0.15, -0.1) is 0 Å². The molecule has 0 aliphatic carbocycles. The van der Waals surface area contributed by atoms with E-state index in [0.29, 0.717) is 41.1 Å². The Morgan fingerprint density at radius 3 is 2.73 bits per heavy atom. The maximum Gasteiger partial charge on any atom is 0.205 e. The van der Waals surface area contributed by atoms with Crippen LogP contribution in [0, 0.1) is 5.82 Å². The van der Waals surface area contributed by atoms with Gasteiger partial charge in [0.05, 0.1) is 35.6 Å². The molecule has 1 fully saturated rings. The molecule has 0 bridgehead atoms. The van der Waals surface area contributed by atoms with Gasteiger partial charge < -0.3 is 19.3 Å². The number of hydrogen-bond donors (Lipinski definition) is 1. The minimum Gasteiger partial charge on any atom is -0.392 e. The van der Waals surface area contributed by atoms with Crippen LogP contribution in [0.4, 0.5) is 10.1 Å². The monoisotopic (exact) mass is 358 g/mol. The Morgan fingerprint density at radius 1 is 1.31 bits per heavy atom. The highest BCUT2D eigenvalue weighted by molar-refractivity contribution is 5.94. The zero-order chi connectivity index (χ0) is 18.3. The zero-order valence-corrected chi connectivity index (χ0v) is 14.5. The van der Waals surface area contributed by atoms with Crippen molar-refractivity contribution in [2.45, 2.75) is 32.7 Å². The first-order chi connectivity index (χ1) is 12.6. The number of morpholine rings is 1. The molecule has 136 valence electrons. The first-order valence-electron chi connectivity index (χ1n) is 8.47. The van der Waals surface area contributed by atoms with Crippen molar-refractivity contribution < 1.29 is 18.8 Å². The molecule has 0 saturated carbocycles. The van der Waals surface area contributed by atoms with E-state index in [1.807, 2.05) is 18.7 Å². The molecule has 0 amide bonds. The average molecular weight is 358 g/mol. The number of aliphatic hydroxyl groups excluding tert-OH is 1. The van der Waals surface area contributed by atoms with Crippen LogP contribution in [0.5, 0.6) is 0 Å². The molecule has 8 heteroatoms. The molecule has 4 rings (SSSR count). The SMILES string of the molecule is CC1CN(c2c(CO)cc3c(-c4ccncn4)noc3c2F)CC(C)O1. The van der Waals surface area contributed by atoms with Crippen LogP contribution < -0.4 is 4.90 Å². The first kappa shape index (κ1) is 16.9. The molecule has 3 aromatic rings. The molecule has 1 N–H and O–H groups in total. The lowest BCUT2D eigenvalue weighted by molar-refractivity contribution is -0.00549. The predicted molar refractivity (Wildman–Crippen MR) is 93.1 cm³/mol. The Balaban J connectivity index is 1.86. The van der Waals surface area contributed by atoms with Gasteiger partial charge in [-0.1, -0.05) is 5.16 Å². The van der Waals surface area contributed by atoms with Crippen molar-refractivity contribution in [3.8, 4) is 11.4 Å². The van der Waals surface area contributed by atoms with E-state index in [4.69, 9.17) is 9.26 Å². The van der Waals surface area contributed by atoms with Crippen LogP contribution in [0.15, 0.2) is 29.2 Å². The van der Waals surface area contributed by atoms with Gasteiger partial charge in [0.1, 0.15) is 12.0 Å². The molecule has 2 unspecified atom stereocenters. The maximum atomic E-state index is 15.3. The van der Waals surface area contributed by atoms with E-state index in [1.165, 1.54) is 6.33 Å². The number of aliphatic hydroxyl groups is 1. The maximum absolute atomic E-state index is 15.3. The number of benzene rings is 1. The molecular formula is C18H19FN4O3. The van der Waals surface area contributed by atoms with E-state index in [1.54, 1.807) is 18.3 Å². The summed E-state index contributed by atoms with van der Waals surface area (Å²) < 4.78 is 26.3. The highest BCUT2D eigenvalue weighted by Crippen LogP contribution is 2.37. The molecule has 1 aromatic carbocycles. The van der Waals surface area contributed by atoms with Crippen molar-refractivity contribution in [1.29, 1.82) is 0 Å². The van der Waals surface area contributed by atoms with Gasteiger partial charge in [-0.2, -0.15) is 0 Å². The van der Waals surface area contributed by atoms with Gasteiger partial charge >= 0.3 is 0 Å². The summed E-state index contributed by atoms with van der Waals surface area (Å²) >= 11 is 0. The number of ether oxygens (including phenoxy) is 1. The molecule has 7 nitrogen and oxygen atoms in total. The Labute approximate surface area is 149 Å². The van der Waals surface area contributed by atoms with Crippen LogP contribution in [0.1, 0.15) is 19.4 Å². The summed E-state index contributed by atoms with van der Waals surface area (Å²) in [6, 6.07) is 3.39. The highest BCUT2D eigenvalue weighted by atomic mass is 19.1. The smallest absolute Gasteiger partial charge is 0.205 e. The standard InChI is InChI=1S/C18H19FN4O3/c1-10-6-23(7-11(2)25-10)17-12(8-24)5-13-16(14-3-4-20-9-21-14)22-26-18(13)15(17)19/h3-5,9-11,24H,6-8H2,1-2H3. The molecule has 1 aliphatic rings. The molecule has 1 aliphatic heterocycles. The quantitative estimate of drug-likeness (QED) is 0.770. The fourth-order valence-corrected chi connectivity index (χ4v) is 3.52. The van der Waals surface area contributed by atoms with Gasteiger partial charge in [0, 0.05) is 24.8 Å². The van der Waals surface area contributed by atoms with Crippen molar-refractivity contribution in [3.05, 3.63) is 36.0 Å². The summed E-state index contributed by atoms with van der Waals surface area (Å²) in [6.07, 6.45) is 2.90. The number of rotatable bonds is 3. The van der Waals surface area contributed by atoms with Crippen LogP contribution in [-0.2, 0) is 11.3 Å². The van der Waals surface area contributed by atoms with Crippen molar-refractivity contribution in [2.75, 3.05) is 18.0 Å². The van der Waals surface area contributed by atoms with Crippen molar-refractivity contribution >= 4 is 16.7 Å². The second kappa shape index (κ2) is 6.62. The third kappa shape index (κ3) is 2.81. The van der Waals surface area contributed by atoms with E-state index in [-0.39, 0.29) is 24.4 Å². The Morgan fingerprint density at radius 2 is 2.08 bits per heavy atom. The molecule has 26 heavy (non-hydrogen) atoms. The Bertz CT molecular complexity index is 921. The van der Waals surface area contributed by atoms with Gasteiger partial charge in [-0.25, -0.2) is 14.4 Å². The van der Waals surface area contributed by atoms with Crippen molar-refractivity contribution in [3.63, 3.8) is 0 Å². The van der Waals surface area contributed by atoms with Crippen LogP contribution in [-0.4, -0.2) is 45.5 Å². The summed E-state index contributed by atoms with van der Waals surface area (Å²) in [4.78, 5) is 9.91. The molecule has 0 spiro atoms. The lowest BCUT2D eigenvalue weighted by Gasteiger charge is -2.37. The molecule has 0 radical (unpaired) electrons. The lowest BCUT2D eigenvalue weighted by Crippen LogP contribution is -2.46. The van der Waals surface area contributed by atoms with Crippen molar-refractivity contribution in [2.24, 2.45) is 0 Å². The topological polar surface area (TPSA) is 84.5 Å². The summed E-state index contributed by atoms with van der Waals surface area (Å²) in [6.45, 7) is 4.66. The largest absolute Gasteiger partial charge is 0.392 e. The third-order valence-corrected chi connectivity index (χ3v) is 4.49. The number of anilines is 1. The lowest BCUT2D eigenvalue weighted by atomic mass is 10.0. The van der Waals surface area contributed by atoms with E-state index >= 15 is 4.39 Å². The Kier molecular flexibility index (Phi) is 4.29. The number of nitrogens with zero attached hydrogens (tertiary/aromatic N) is 4. The van der Waals surface area contributed by atoms with E-state index < -0.39 is 5.82 Å². The van der Waals surface area contributed by atoms with Crippen molar-refractivity contribution in [1.82, 2.24) is 15.1 Å². The van der Waals surface area contributed by atoms with Gasteiger partial charge in [0.15, 0.2) is 5.82 Å². The van der Waals surface area contributed by atoms with Crippen LogP contribution in [0.25, 0.3) is 22.4 Å². The first-order valence-corrected chi connectivity index (χ1v) is 8.47. The normalized spacial score (nSPS) is 20.7. The summed E-state index contributed by atoms with van der Waals surface area (Å²) in [5.41, 5.74) is 1.83. The fourth-order valence-electron chi connectivity index (χ4n) is 3.52. The summed E-state index contributed by atoms with van der Waals surface area (Å²) in [5.74, 6) is -0.527. The molecule has 2 aromatic heterocycles. The molecule has 1 saturated heterocycles. The number of fused-ring (bicyclic) bond motifs is 1. The van der Waals surface area contributed by atoms with Crippen LogP contribution in [0.2, 0.25) is 0 Å². The predicted octanol–water partition coefficient (Wildman–Crippen LogP) is 2.53. The van der Waals surface area contributed by atoms with Gasteiger partial charge in [0.2, 0.25) is 5.58 Å². The van der Waals surface area contributed by atoms with Crippen LogP contribution in [0.3, 0.4) is 0 Å². The van der Waals surface area contributed by atoms with Gasteiger partial charge in [-0.3, -0.25) is 0 Å².